The molecule has 4 atom stereocenters. The predicted molar refractivity (Wildman–Crippen MR) is 139 cm³/mol. The number of hydrogen-bond donors (Lipinski definition) is 10. The number of hydrogen-bond acceptors (Lipinski definition) is 9. The molecule has 0 bridgehead atoms. The molecule has 1 rings (SSSR count). The van der Waals surface area contributed by atoms with E-state index < -0.39 is 66.2 Å². The molecule has 14 N–H and O–H groups in total. The highest BCUT2D eigenvalue weighted by atomic mass is 16.4. The van der Waals surface area contributed by atoms with Crippen LogP contribution in [0.25, 0.3) is 0 Å². The van der Waals surface area contributed by atoms with Crippen LogP contribution in [0.2, 0.25) is 0 Å². The zero-order valence-corrected chi connectivity index (χ0v) is 21.7. The number of primary amides is 1. The second-order valence-corrected chi connectivity index (χ2v) is 8.80. The lowest BCUT2D eigenvalue weighted by atomic mass is 10.1. The zero-order chi connectivity index (χ0) is 30.2. The van der Waals surface area contributed by atoms with Crippen molar-refractivity contribution in [1.29, 1.82) is 0 Å². The molecule has 0 aliphatic heterocycles. The first-order valence-electron chi connectivity index (χ1n) is 12.2. The highest BCUT2D eigenvalue weighted by Gasteiger charge is 2.31. The fraction of sp³-hybridized carbons (Fsp3) is 0.545. The molecule has 0 aliphatic rings. The van der Waals surface area contributed by atoms with Gasteiger partial charge in [0.05, 0.1) is 12.4 Å². The van der Waals surface area contributed by atoms with Crippen LogP contribution in [0.3, 0.4) is 0 Å². The molecule has 18 heteroatoms. The summed E-state index contributed by atoms with van der Waals surface area (Å²) in [4.78, 5) is 82.9. The number of amides is 4. The summed E-state index contributed by atoms with van der Waals surface area (Å²) in [5.41, 5.74) is 21.7. The van der Waals surface area contributed by atoms with Gasteiger partial charge in [0, 0.05) is 37.7 Å². The summed E-state index contributed by atoms with van der Waals surface area (Å²) in [6.45, 7) is 0.128. The molecule has 0 radical (unpaired) electrons. The zero-order valence-electron chi connectivity index (χ0n) is 21.7. The Balaban J connectivity index is 3.05. The molecule has 18 nitrogen and oxygen atoms in total. The number of nitrogens with two attached hydrogens (primary N) is 4. The van der Waals surface area contributed by atoms with Crippen molar-refractivity contribution < 1.29 is 39.0 Å². The third kappa shape index (κ3) is 13.2. The molecule has 4 amide bonds. The number of rotatable bonds is 19. The molecular formula is C22H36N10O8. The lowest BCUT2D eigenvalue weighted by Crippen LogP contribution is -2.57. The first kappa shape index (κ1) is 33.3. The van der Waals surface area contributed by atoms with E-state index in [9.17, 15) is 33.9 Å². The van der Waals surface area contributed by atoms with E-state index in [2.05, 4.69) is 30.9 Å². The Bertz CT molecular complexity index is 1060. The minimum atomic E-state index is -1.42. The summed E-state index contributed by atoms with van der Waals surface area (Å²) < 4.78 is 0. The van der Waals surface area contributed by atoms with Crippen LogP contribution >= 0.6 is 0 Å². The maximum Gasteiger partial charge on any atom is 0.326 e. The number of aromatic amines is 1. The molecule has 1 aromatic heterocycles. The van der Waals surface area contributed by atoms with Crippen LogP contribution in [-0.2, 0) is 35.2 Å². The molecule has 4 unspecified atom stereocenters. The monoisotopic (exact) mass is 568 g/mol. The van der Waals surface area contributed by atoms with E-state index >= 15 is 0 Å². The van der Waals surface area contributed by atoms with Crippen LogP contribution in [0, 0.1) is 0 Å². The maximum absolute atomic E-state index is 13.1. The number of carbonyl (C=O) groups is 6. The lowest BCUT2D eigenvalue weighted by molar-refractivity contribution is -0.142. The summed E-state index contributed by atoms with van der Waals surface area (Å²) in [7, 11) is 0. The first-order chi connectivity index (χ1) is 18.8. The Hall–Kier alpha value is -4.74. The maximum atomic E-state index is 13.1. The van der Waals surface area contributed by atoms with Crippen molar-refractivity contribution in [2.24, 2.45) is 27.9 Å². The average Bonchev–Trinajstić information content (AvgIpc) is 3.38. The van der Waals surface area contributed by atoms with Gasteiger partial charge in [-0.15, -0.1) is 0 Å². The molecule has 1 aromatic rings. The van der Waals surface area contributed by atoms with Gasteiger partial charge in [-0.05, 0) is 25.7 Å². The number of aliphatic carboxylic acids is 2. The highest BCUT2D eigenvalue weighted by Crippen LogP contribution is 2.06. The van der Waals surface area contributed by atoms with Crippen LogP contribution in [0.5, 0.6) is 0 Å². The van der Waals surface area contributed by atoms with E-state index in [0.29, 0.717) is 5.69 Å². The highest BCUT2D eigenvalue weighted by molar-refractivity contribution is 5.94. The SMILES string of the molecule is NC(=O)CCC(N)C(=O)NC(CCC(=O)O)C(=O)NC(Cc1cnc[nH]1)C(=O)NC(CCCN=C(N)N)C(=O)O. The molecule has 222 valence electrons. The Morgan fingerprint density at radius 1 is 0.875 bits per heavy atom. The standard InChI is InChI=1S/C22H36N10O8/c23-12(3-5-16(24)33)18(36)30-13(4-6-17(34)35)19(37)32-15(8-11-9-27-10-29-11)20(38)31-14(21(39)40)2-1-7-28-22(25)26/h9-10,12-15H,1-8,23H2,(H2,24,33)(H,27,29)(H,30,36)(H,31,38)(H,32,37)(H,34,35)(H,39,40)(H4,25,26,28). The smallest absolute Gasteiger partial charge is 0.326 e. The summed E-state index contributed by atoms with van der Waals surface area (Å²) in [5.74, 6) is -6.06. The van der Waals surface area contributed by atoms with E-state index in [0.717, 1.165) is 0 Å². The van der Waals surface area contributed by atoms with Gasteiger partial charge in [0.2, 0.25) is 23.6 Å². The fourth-order valence-electron chi connectivity index (χ4n) is 3.38. The molecule has 0 saturated heterocycles. The van der Waals surface area contributed by atoms with E-state index in [1.807, 2.05) is 0 Å². The Morgan fingerprint density at radius 2 is 1.50 bits per heavy atom. The number of carboxylic acids is 2. The van der Waals surface area contributed by atoms with Gasteiger partial charge < -0.3 is 54.1 Å². The molecule has 0 spiro atoms. The third-order valence-electron chi connectivity index (χ3n) is 5.49. The topological polar surface area (TPSA) is 324 Å². The molecule has 1 heterocycles. The van der Waals surface area contributed by atoms with E-state index in [4.69, 9.17) is 28.0 Å². The Morgan fingerprint density at radius 3 is 2.05 bits per heavy atom. The van der Waals surface area contributed by atoms with Gasteiger partial charge in [-0.25, -0.2) is 9.78 Å². The molecule has 0 aromatic carbocycles. The number of imidazole rings is 1. The van der Waals surface area contributed by atoms with E-state index in [-0.39, 0.29) is 51.0 Å². The minimum Gasteiger partial charge on any atom is -0.481 e. The average molecular weight is 569 g/mol. The fourth-order valence-corrected chi connectivity index (χ4v) is 3.38. The Labute approximate surface area is 228 Å². The second kappa shape index (κ2) is 17.0. The quantitative estimate of drug-likeness (QED) is 0.0433. The number of nitrogens with one attached hydrogen (secondary N) is 4. The number of aromatic nitrogens is 2. The van der Waals surface area contributed by atoms with Crippen molar-refractivity contribution in [3.05, 3.63) is 18.2 Å². The van der Waals surface area contributed by atoms with Gasteiger partial charge in [-0.1, -0.05) is 0 Å². The number of carboxylic acid groups (broad SMARTS) is 2. The first-order valence-corrected chi connectivity index (χ1v) is 12.2. The normalized spacial score (nSPS) is 13.6. The third-order valence-corrected chi connectivity index (χ3v) is 5.49. The van der Waals surface area contributed by atoms with Gasteiger partial charge in [-0.3, -0.25) is 29.0 Å². The minimum absolute atomic E-state index is 0.0247. The summed E-state index contributed by atoms with van der Waals surface area (Å²) in [5, 5.41) is 25.7. The van der Waals surface area contributed by atoms with Crippen LogP contribution in [0.4, 0.5) is 0 Å². The molecule has 0 aliphatic carbocycles. The second-order valence-electron chi connectivity index (χ2n) is 8.80. The largest absolute Gasteiger partial charge is 0.481 e. The number of nitrogens with zero attached hydrogens (tertiary/aromatic N) is 2. The molecule has 40 heavy (non-hydrogen) atoms. The lowest BCUT2D eigenvalue weighted by Gasteiger charge is -2.25. The van der Waals surface area contributed by atoms with E-state index in [1.165, 1.54) is 12.5 Å². The predicted octanol–water partition coefficient (Wildman–Crippen LogP) is -4.00. The Kier molecular flexibility index (Phi) is 14.1. The summed E-state index contributed by atoms with van der Waals surface area (Å²) in [6, 6.07) is -5.32. The van der Waals surface area contributed by atoms with Crippen LogP contribution in [0.15, 0.2) is 17.5 Å². The van der Waals surface area contributed by atoms with Crippen LogP contribution in [-0.4, -0.2) is 92.4 Å². The van der Waals surface area contributed by atoms with Crippen molar-refractivity contribution in [3.8, 4) is 0 Å². The number of guanidine groups is 1. The summed E-state index contributed by atoms with van der Waals surface area (Å²) >= 11 is 0. The molecular weight excluding hydrogens is 532 g/mol. The van der Waals surface area contributed by atoms with Gasteiger partial charge in [0.25, 0.3) is 0 Å². The van der Waals surface area contributed by atoms with Crippen molar-refractivity contribution in [1.82, 2.24) is 25.9 Å². The molecule has 0 fully saturated rings. The number of H-pyrrole nitrogens is 1. The van der Waals surface area contributed by atoms with Gasteiger partial charge >= 0.3 is 11.9 Å². The van der Waals surface area contributed by atoms with Gasteiger partial charge in [0.1, 0.15) is 18.1 Å². The summed E-state index contributed by atoms with van der Waals surface area (Å²) in [6.07, 6.45) is 1.62. The van der Waals surface area contributed by atoms with Gasteiger partial charge in [0.15, 0.2) is 5.96 Å². The van der Waals surface area contributed by atoms with Crippen molar-refractivity contribution >= 4 is 41.5 Å². The van der Waals surface area contributed by atoms with Gasteiger partial charge in [-0.2, -0.15) is 0 Å². The number of carbonyl (C=O) groups excluding carboxylic acids is 4. The number of aliphatic imine (C=N–C) groups is 1. The van der Waals surface area contributed by atoms with Crippen molar-refractivity contribution in [3.63, 3.8) is 0 Å². The van der Waals surface area contributed by atoms with Crippen LogP contribution in [0.1, 0.15) is 44.2 Å². The van der Waals surface area contributed by atoms with Crippen molar-refractivity contribution in [2.75, 3.05) is 6.54 Å². The molecule has 0 saturated carbocycles. The van der Waals surface area contributed by atoms with E-state index in [1.54, 1.807) is 0 Å². The van der Waals surface area contributed by atoms with Crippen molar-refractivity contribution in [2.45, 2.75) is 69.1 Å². The van der Waals surface area contributed by atoms with Crippen LogP contribution < -0.4 is 38.9 Å².